The molecule has 0 bridgehead atoms. The Kier molecular flexibility index (Phi) is 10.9. The fourth-order valence-corrected chi connectivity index (χ4v) is 9.30. The minimum atomic E-state index is -1.21. The van der Waals surface area contributed by atoms with E-state index in [2.05, 4.69) is 52.2 Å². The van der Waals surface area contributed by atoms with Crippen LogP contribution in [0.25, 0.3) is 0 Å². The van der Waals surface area contributed by atoms with Gasteiger partial charge in [-0.25, -0.2) is 9.78 Å². The number of fused-ring (bicyclic) bond motifs is 1. The lowest BCUT2D eigenvalue weighted by Gasteiger charge is -2.49. The molecule has 1 fully saturated rings. The summed E-state index contributed by atoms with van der Waals surface area (Å²) < 4.78 is 1.96. The zero-order valence-electron chi connectivity index (χ0n) is 29.2. The van der Waals surface area contributed by atoms with E-state index >= 15 is 0 Å². The van der Waals surface area contributed by atoms with E-state index < -0.39 is 34.7 Å². The minimum absolute atomic E-state index is 0.0942. The molecule has 1 unspecified atom stereocenters. The standard InChI is InChI=1S/C40H34N6O5S3/c1-45-22-13-12-20-31(45)52-23-21-26-24-53-37-33(36(48)46(37)34(26)38(49)50)42-35(47)32(44-51-2)30-25-54-39(41-30)43-40(27-14-6-3-7-15-27,28-16-8-4-9-17-28)29-18-10-5-11-19-29/h3-23,25,33,37H,24H2,1-2H3,(H2-,41,42,43,47,49,50)/p+1/t33?,37-/m1/s1. The summed E-state index contributed by atoms with van der Waals surface area (Å²) in [6.45, 7) is 0. The highest BCUT2D eigenvalue weighted by molar-refractivity contribution is 8.02. The number of β-lactam (4-membered cyclic amide) rings is 1. The normalized spacial score (nSPS) is 17.2. The molecule has 2 aromatic heterocycles. The summed E-state index contributed by atoms with van der Waals surface area (Å²) in [5.41, 5.74) is 2.64. The number of aliphatic carboxylic acids is 1. The summed E-state index contributed by atoms with van der Waals surface area (Å²) in [6.07, 6.45) is 3.65. The Labute approximate surface area is 324 Å². The van der Waals surface area contributed by atoms with Crippen molar-refractivity contribution in [1.29, 1.82) is 0 Å². The number of benzene rings is 3. The monoisotopic (exact) mass is 775 g/mol. The Morgan fingerprint density at radius 1 is 0.981 bits per heavy atom. The Morgan fingerprint density at radius 2 is 1.59 bits per heavy atom. The number of hydrogen-bond acceptors (Lipinski definition) is 10. The van der Waals surface area contributed by atoms with Crippen LogP contribution in [0.5, 0.6) is 0 Å². The molecule has 2 aliphatic heterocycles. The van der Waals surface area contributed by atoms with Gasteiger partial charge in [0.1, 0.15) is 42.5 Å². The number of carboxylic acid groups (broad SMARTS) is 1. The maximum atomic E-state index is 13.8. The summed E-state index contributed by atoms with van der Waals surface area (Å²) in [7, 11) is 3.25. The minimum Gasteiger partial charge on any atom is -0.477 e. The van der Waals surface area contributed by atoms with Crippen LogP contribution in [0.15, 0.2) is 154 Å². The van der Waals surface area contributed by atoms with Crippen LogP contribution in [0.4, 0.5) is 5.13 Å². The van der Waals surface area contributed by atoms with Gasteiger partial charge in [-0.1, -0.05) is 96.2 Å². The fraction of sp³-hybridized carbons (Fsp3) is 0.150. The van der Waals surface area contributed by atoms with E-state index in [-0.39, 0.29) is 17.1 Å². The third kappa shape index (κ3) is 7.15. The molecule has 0 spiro atoms. The van der Waals surface area contributed by atoms with Crippen molar-refractivity contribution in [2.75, 3.05) is 18.2 Å². The number of aryl methyl sites for hydroxylation is 1. The number of oxime groups is 1. The number of carboxylic acids is 1. The van der Waals surface area contributed by atoms with Gasteiger partial charge < -0.3 is 20.6 Å². The van der Waals surface area contributed by atoms with Gasteiger partial charge in [0, 0.05) is 23.3 Å². The van der Waals surface area contributed by atoms with Crippen molar-refractivity contribution in [3.8, 4) is 0 Å². The first-order valence-electron chi connectivity index (χ1n) is 16.8. The summed E-state index contributed by atoms with van der Waals surface area (Å²) >= 11 is 4.12. The highest BCUT2D eigenvalue weighted by Crippen LogP contribution is 2.42. The number of nitrogens with one attached hydrogen (secondary N) is 2. The van der Waals surface area contributed by atoms with E-state index in [0.717, 1.165) is 21.7 Å². The molecular weight excluding hydrogens is 741 g/mol. The predicted molar refractivity (Wildman–Crippen MR) is 211 cm³/mol. The van der Waals surface area contributed by atoms with Crippen molar-refractivity contribution in [3.05, 3.63) is 166 Å². The molecule has 272 valence electrons. The lowest BCUT2D eigenvalue weighted by atomic mass is 9.77. The van der Waals surface area contributed by atoms with E-state index in [1.807, 2.05) is 96.0 Å². The van der Waals surface area contributed by atoms with Gasteiger partial charge in [0.2, 0.25) is 5.03 Å². The molecule has 2 amide bonds. The van der Waals surface area contributed by atoms with Gasteiger partial charge in [0.15, 0.2) is 17.0 Å². The summed E-state index contributed by atoms with van der Waals surface area (Å²) in [6, 6.07) is 35.0. The topological polar surface area (TPSA) is 137 Å². The number of anilines is 1. The third-order valence-corrected chi connectivity index (χ3v) is 12.0. The average molecular weight is 776 g/mol. The van der Waals surface area contributed by atoms with Gasteiger partial charge in [-0.15, -0.1) is 23.1 Å². The van der Waals surface area contributed by atoms with Crippen LogP contribution < -0.4 is 15.2 Å². The smallest absolute Gasteiger partial charge is 0.352 e. The molecule has 2 atom stereocenters. The number of carbonyl (C=O) groups is 3. The maximum Gasteiger partial charge on any atom is 0.352 e. The van der Waals surface area contributed by atoms with Crippen LogP contribution in [-0.2, 0) is 31.8 Å². The molecule has 7 rings (SSSR count). The molecule has 11 nitrogen and oxygen atoms in total. The Bertz CT molecular complexity index is 2170. The van der Waals surface area contributed by atoms with Crippen molar-refractivity contribution < 1.29 is 28.9 Å². The number of thiazole rings is 1. The SMILES string of the molecule is CON=C(C(=O)NC1C(=O)N2C(C(=O)O)=C(C=CSc3cccc[n+]3C)CS[C@H]12)c1csc(NC(c2ccccc2)(c2ccccc2)c2ccccc2)n1. The van der Waals surface area contributed by atoms with E-state index in [0.29, 0.717) is 16.5 Å². The number of nitrogens with zero attached hydrogens (tertiary/aromatic N) is 4. The Balaban J connectivity index is 1.12. The average Bonchev–Trinajstić information content (AvgIpc) is 3.67. The number of pyridine rings is 1. The second-order valence-corrected chi connectivity index (χ2v) is 15.1. The molecule has 4 heterocycles. The first kappa shape index (κ1) is 36.6. The van der Waals surface area contributed by atoms with Gasteiger partial charge in [-0.05, 0) is 51.6 Å². The van der Waals surface area contributed by atoms with Crippen molar-refractivity contribution >= 4 is 63.5 Å². The molecule has 3 N–H and O–H groups in total. The highest BCUT2D eigenvalue weighted by atomic mass is 32.2. The van der Waals surface area contributed by atoms with E-state index in [9.17, 15) is 19.5 Å². The summed E-state index contributed by atoms with van der Waals surface area (Å²) in [5, 5.41) is 25.0. The number of allylic oxidation sites excluding steroid dienone is 1. The molecular formula is C40H35N6O5S3+. The second kappa shape index (κ2) is 16.1. The lowest BCUT2D eigenvalue weighted by Crippen LogP contribution is -2.71. The van der Waals surface area contributed by atoms with Crippen molar-refractivity contribution in [1.82, 2.24) is 15.2 Å². The number of thioether (sulfide) groups is 2. The highest BCUT2D eigenvalue weighted by Gasteiger charge is 2.54. The van der Waals surface area contributed by atoms with Gasteiger partial charge in [-0.2, -0.15) is 4.57 Å². The van der Waals surface area contributed by atoms with E-state index in [1.165, 1.54) is 46.9 Å². The van der Waals surface area contributed by atoms with Gasteiger partial charge in [0.25, 0.3) is 11.8 Å². The van der Waals surface area contributed by atoms with Crippen molar-refractivity contribution in [2.24, 2.45) is 12.2 Å². The predicted octanol–water partition coefficient (Wildman–Crippen LogP) is 5.77. The van der Waals surface area contributed by atoms with E-state index in [4.69, 9.17) is 9.82 Å². The van der Waals surface area contributed by atoms with Gasteiger partial charge in [-0.3, -0.25) is 14.5 Å². The van der Waals surface area contributed by atoms with Gasteiger partial charge in [0.05, 0.1) is 0 Å². The van der Waals surface area contributed by atoms with E-state index in [1.54, 1.807) is 11.5 Å². The number of aromatic nitrogens is 2. The zero-order chi connectivity index (χ0) is 37.7. The van der Waals surface area contributed by atoms with Crippen molar-refractivity contribution in [2.45, 2.75) is 22.0 Å². The van der Waals surface area contributed by atoms with Crippen LogP contribution >= 0.6 is 34.9 Å². The molecule has 0 radical (unpaired) electrons. The molecule has 5 aromatic rings. The molecule has 3 aromatic carbocycles. The van der Waals surface area contributed by atoms with Crippen molar-refractivity contribution in [3.63, 3.8) is 0 Å². The number of rotatable bonds is 13. The molecule has 54 heavy (non-hydrogen) atoms. The molecule has 14 heteroatoms. The molecule has 1 saturated heterocycles. The van der Waals surface area contributed by atoms with Gasteiger partial charge >= 0.3 is 5.97 Å². The first-order chi connectivity index (χ1) is 26.3. The molecule has 0 saturated carbocycles. The largest absolute Gasteiger partial charge is 0.477 e. The van der Waals surface area contributed by atoms with Crippen LogP contribution in [0.2, 0.25) is 0 Å². The number of carbonyl (C=O) groups excluding carboxylic acids is 2. The summed E-state index contributed by atoms with van der Waals surface area (Å²) in [5.74, 6) is -2.07. The number of hydrogen-bond donors (Lipinski definition) is 3. The quantitative estimate of drug-likeness (QED) is 0.0340. The molecule has 0 aliphatic carbocycles. The third-order valence-electron chi connectivity index (χ3n) is 9.01. The Hall–Kier alpha value is -5.70. The molecule has 2 aliphatic rings. The maximum absolute atomic E-state index is 13.8. The Morgan fingerprint density at radius 3 is 2.17 bits per heavy atom. The van der Waals surface area contributed by atoms with Crippen LogP contribution in [0.3, 0.4) is 0 Å². The first-order valence-corrected chi connectivity index (χ1v) is 19.6. The van der Waals surface area contributed by atoms with Crippen LogP contribution in [0, 0.1) is 0 Å². The van der Waals surface area contributed by atoms with Crippen LogP contribution in [-0.4, -0.2) is 62.8 Å². The zero-order valence-corrected chi connectivity index (χ0v) is 31.6. The fourth-order valence-electron chi connectivity index (χ4n) is 6.47. The van der Waals surface area contributed by atoms with Crippen LogP contribution in [0.1, 0.15) is 22.4 Å². The summed E-state index contributed by atoms with van der Waals surface area (Å²) in [4.78, 5) is 50.8. The number of amides is 2. The lowest BCUT2D eigenvalue weighted by molar-refractivity contribution is -0.708. The second-order valence-electron chi connectivity index (χ2n) is 12.2.